The lowest BCUT2D eigenvalue weighted by atomic mass is 10.1. The van der Waals surface area contributed by atoms with E-state index in [1.54, 1.807) is 38.1 Å². The third kappa shape index (κ3) is 3.82. The third-order valence-electron chi connectivity index (χ3n) is 2.14. The van der Waals surface area contributed by atoms with Crippen molar-refractivity contribution >= 4 is 21.4 Å². The van der Waals surface area contributed by atoms with E-state index in [9.17, 15) is 9.59 Å². The maximum atomic E-state index is 11.6. The SMILES string of the molecule is CC(C)C(=O)O[C@H](C(=O)OP)c1ccccc1. The molecule has 17 heavy (non-hydrogen) atoms. The van der Waals surface area contributed by atoms with Crippen LogP contribution in [0.4, 0.5) is 0 Å². The first kappa shape index (κ1) is 13.7. The van der Waals surface area contributed by atoms with Crippen molar-refractivity contribution in [1.82, 2.24) is 0 Å². The summed E-state index contributed by atoms with van der Waals surface area (Å²) in [6.45, 7) is 3.41. The minimum atomic E-state index is -1.01. The van der Waals surface area contributed by atoms with Crippen molar-refractivity contribution in [3.63, 3.8) is 0 Å². The second-order valence-electron chi connectivity index (χ2n) is 3.82. The fourth-order valence-corrected chi connectivity index (χ4v) is 1.32. The van der Waals surface area contributed by atoms with Crippen LogP contribution >= 0.6 is 9.47 Å². The van der Waals surface area contributed by atoms with E-state index >= 15 is 0 Å². The van der Waals surface area contributed by atoms with Crippen LogP contribution in [0.15, 0.2) is 30.3 Å². The zero-order valence-electron chi connectivity index (χ0n) is 9.75. The fourth-order valence-electron chi connectivity index (χ4n) is 1.19. The molecule has 0 radical (unpaired) electrons. The highest BCUT2D eigenvalue weighted by Crippen LogP contribution is 2.21. The summed E-state index contributed by atoms with van der Waals surface area (Å²) >= 11 is 0. The summed E-state index contributed by atoms with van der Waals surface area (Å²) < 4.78 is 9.67. The van der Waals surface area contributed by atoms with E-state index < -0.39 is 18.0 Å². The van der Waals surface area contributed by atoms with E-state index in [2.05, 4.69) is 4.52 Å². The predicted octanol–water partition coefficient (Wildman–Crippen LogP) is 2.26. The number of hydrogen-bond acceptors (Lipinski definition) is 4. The molecule has 1 aromatic carbocycles. The van der Waals surface area contributed by atoms with Gasteiger partial charge in [-0.05, 0) is 0 Å². The highest BCUT2D eigenvalue weighted by Gasteiger charge is 2.26. The molecule has 0 aliphatic heterocycles. The molecule has 4 nitrogen and oxygen atoms in total. The van der Waals surface area contributed by atoms with Gasteiger partial charge in [0.1, 0.15) is 0 Å². The normalized spacial score (nSPS) is 12.0. The van der Waals surface area contributed by atoms with E-state index in [1.807, 2.05) is 15.5 Å². The molecule has 1 rings (SSSR count). The lowest BCUT2D eigenvalue weighted by Gasteiger charge is -2.17. The molecule has 0 amide bonds. The Bertz CT molecular complexity index is 389. The van der Waals surface area contributed by atoms with Crippen LogP contribution in [-0.2, 0) is 18.8 Å². The van der Waals surface area contributed by atoms with Gasteiger partial charge < -0.3 is 9.26 Å². The van der Waals surface area contributed by atoms with Crippen LogP contribution in [0.3, 0.4) is 0 Å². The van der Waals surface area contributed by atoms with Gasteiger partial charge in [0, 0.05) is 5.56 Å². The minimum Gasteiger partial charge on any atom is -0.449 e. The van der Waals surface area contributed by atoms with E-state index in [4.69, 9.17) is 4.74 Å². The second kappa shape index (κ2) is 6.36. The zero-order chi connectivity index (χ0) is 12.8. The first-order valence-corrected chi connectivity index (χ1v) is 5.69. The summed E-state index contributed by atoms with van der Waals surface area (Å²) in [5, 5.41) is 0. The molecule has 0 bridgehead atoms. The van der Waals surface area contributed by atoms with Crippen LogP contribution in [-0.4, -0.2) is 11.9 Å². The van der Waals surface area contributed by atoms with E-state index in [0.717, 1.165) is 0 Å². The Balaban J connectivity index is 2.90. The molecule has 0 heterocycles. The van der Waals surface area contributed by atoms with Gasteiger partial charge in [-0.15, -0.1) is 0 Å². The van der Waals surface area contributed by atoms with Crippen LogP contribution in [0.2, 0.25) is 0 Å². The third-order valence-corrected chi connectivity index (χ3v) is 2.37. The Hall–Kier alpha value is -1.41. The van der Waals surface area contributed by atoms with Gasteiger partial charge in [-0.2, -0.15) is 0 Å². The summed E-state index contributed by atoms with van der Waals surface area (Å²) in [5.41, 5.74) is 0.592. The molecule has 0 aliphatic rings. The van der Waals surface area contributed by atoms with Crippen LogP contribution in [0.5, 0.6) is 0 Å². The predicted molar refractivity (Wildman–Crippen MR) is 65.9 cm³/mol. The molecular formula is C12H15O4P. The standard InChI is InChI=1S/C12H15O4P/c1-8(2)11(13)15-10(12(14)16-17)9-6-4-3-5-7-9/h3-8,10H,17H2,1-2H3/t10-/m0/s1. The summed E-state index contributed by atoms with van der Waals surface area (Å²) in [6, 6.07) is 8.76. The van der Waals surface area contributed by atoms with Gasteiger partial charge in [-0.3, -0.25) is 4.79 Å². The van der Waals surface area contributed by atoms with E-state index in [1.165, 1.54) is 0 Å². The smallest absolute Gasteiger partial charge is 0.354 e. The Morgan fingerprint density at radius 2 is 1.71 bits per heavy atom. The average molecular weight is 254 g/mol. The van der Waals surface area contributed by atoms with Crippen LogP contribution in [0.1, 0.15) is 25.5 Å². The van der Waals surface area contributed by atoms with Gasteiger partial charge in [0.15, 0.2) is 0 Å². The van der Waals surface area contributed by atoms with E-state index in [0.29, 0.717) is 5.56 Å². The highest BCUT2D eigenvalue weighted by molar-refractivity contribution is 7.10. The maximum Gasteiger partial charge on any atom is 0.354 e. The first-order chi connectivity index (χ1) is 8.06. The lowest BCUT2D eigenvalue weighted by molar-refractivity contribution is -0.164. The first-order valence-electron chi connectivity index (χ1n) is 5.22. The highest BCUT2D eigenvalue weighted by atomic mass is 31.0. The second-order valence-corrected chi connectivity index (χ2v) is 4.05. The van der Waals surface area contributed by atoms with Crippen molar-refractivity contribution < 1.29 is 18.8 Å². The fraction of sp³-hybridized carbons (Fsp3) is 0.333. The van der Waals surface area contributed by atoms with Crippen LogP contribution < -0.4 is 0 Å². The van der Waals surface area contributed by atoms with Crippen molar-refractivity contribution in [2.75, 3.05) is 0 Å². The molecule has 0 spiro atoms. The monoisotopic (exact) mass is 254 g/mol. The summed E-state index contributed by atoms with van der Waals surface area (Å²) in [7, 11) is 1.86. The molecule has 0 saturated heterocycles. The van der Waals surface area contributed by atoms with Crippen molar-refractivity contribution in [2.24, 2.45) is 5.92 Å². The van der Waals surface area contributed by atoms with Gasteiger partial charge in [0.25, 0.3) is 0 Å². The summed E-state index contributed by atoms with van der Waals surface area (Å²) in [6.07, 6.45) is -1.01. The maximum absolute atomic E-state index is 11.6. The zero-order valence-corrected chi connectivity index (χ0v) is 10.9. The quantitative estimate of drug-likeness (QED) is 0.611. The molecular weight excluding hydrogens is 239 g/mol. The molecule has 0 aliphatic carbocycles. The van der Waals surface area contributed by atoms with Gasteiger partial charge >= 0.3 is 11.9 Å². The number of ether oxygens (including phenoxy) is 1. The van der Waals surface area contributed by atoms with Crippen LogP contribution in [0, 0.1) is 5.92 Å². The molecule has 92 valence electrons. The molecule has 0 aromatic heterocycles. The van der Waals surface area contributed by atoms with Crippen molar-refractivity contribution in [3.8, 4) is 0 Å². The summed E-state index contributed by atoms with van der Waals surface area (Å²) in [4.78, 5) is 23.1. The number of carbonyl (C=O) groups excluding carboxylic acids is 2. The average Bonchev–Trinajstić information content (AvgIpc) is 2.35. The van der Waals surface area contributed by atoms with Crippen molar-refractivity contribution in [2.45, 2.75) is 20.0 Å². The Morgan fingerprint density at radius 1 is 1.12 bits per heavy atom. The summed E-state index contributed by atoms with van der Waals surface area (Å²) in [5.74, 6) is -1.34. The molecule has 1 unspecified atom stereocenters. The Kier molecular flexibility index (Phi) is 5.11. The van der Waals surface area contributed by atoms with Crippen molar-refractivity contribution in [3.05, 3.63) is 35.9 Å². The minimum absolute atomic E-state index is 0.293. The molecule has 0 saturated carbocycles. The lowest BCUT2D eigenvalue weighted by Crippen LogP contribution is -2.22. The van der Waals surface area contributed by atoms with Gasteiger partial charge in [-0.25, -0.2) is 4.79 Å². The number of hydrogen-bond donors (Lipinski definition) is 0. The van der Waals surface area contributed by atoms with E-state index in [-0.39, 0.29) is 5.92 Å². The number of esters is 1. The van der Waals surface area contributed by atoms with Gasteiger partial charge in [0.2, 0.25) is 6.10 Å². The molecule has 2 atom stereocenters. The largest absolute Gasteiger partial charge is 0.449 e. The topological polar surface area (TPSA) is 52.6 Å². The molecule has 0 N–H and O–H groups in total. The van der Waals surface area contributed by atoms with Gasteiger partial charge in [-0.1, -0.05) is 44.2 Å². The Labute approximate surface area is 103 Å². The molecule has 1 aromatic rings. The number of benzene rings is 1. The number of rotatable bonds is 4. The van der Waals surface area contributed by atoms with Gasteiger partial charge in [0.05, 0.1) is 15.4 Å². The Morgan fingerprint density at radius 3 is 2.18 bits per heavy atom. The number of carbonyl (C=O) groups is 2. The molecule has 0 fully saturated rings. The van der Waals surface area contributed by atoms with Crippen molar-refractivity contribution in [1.29, 1.82) is 0 Å². The van der Waals surface area contributed by atoms with Crippen LogP contribution in [0.25, 0.3) is 0 Å². The molecule has 5 heteroatoms.